The van der Waals surface area contributed by atoms with E-state index in [0.29, 0.717) is 0 Å². The van der Waals surface area contributed by atoms with E-state index in [9.17, 15) is 13.2 Å². The van der Waals surface area contributed by atoms with Crippen LogP contribution in [0.2, 0.25) is 0 Å². The number of hydrogen-bond acceptors (Lipinski definition) is 1. The molecule has 0 aromatic carbocycles. The second-order valence-electron chi connectivity index (χ2n) is 0.707. The number of alkyl halides is 3. The summed E-state index contributed by atoms with van der Waals surface area (Å²) < 4.78 is 31.7. The Morgan fingerprint density at radius 3 is 1.29 bits per heavy atom. The van der Waals surface area contributed by atoms with Crippen molar-refractivity contribution in [3.63, 3.8) is 0 Å². The molecule has 1 N–H and O–H groups in total. The van der Waals surface area contributed by atoms with E-state index in [1.165, 1.54) is 0 Å². The van der Waals surface area contributed by atoms with Crippen LogP contribution in [0.25, 0.3) is 0 Å². The number of aliphatic hydroxyl groups is 1. The van der Waals surface area contributed by atoms with Gasteiger partial charge in [0.2, 0.25) is 0 Å². The molecule has 0 aromatic rings. The van der Waals surface area contributed by atoms with Crippen LogP contribution in [0.1, 0.15) is 0 Å². The smallest absolute Gasteiger partial charge is 0.293 e. The van der Waals surface area contributed by atoms with Crippen molar-refractivity contribution in [2.75, 3.05) is 0 Å². The summed E-state index contributed by atoms with van der Waals surface area (Å²) in [6.45, 7) is 0. The highest BCUT2D eigenvalue weighted by molar-refractivity contribution is 5.85. The molecule has 0 fully saturated rings. The van der Waals surface area contributed by atoms with Gasteiger partial charge in [0.15, 0.2) is 0 Å². The minimum Gasteiger partial charge on any atom is -0.360 e. The molecule has 0 radical (unpaired) electrons. The average Bonchev–Trinajstić information content (AvgIpc) is 1.36. The summed E-state index contributed by atoms with van der Waals surface area (Å²) in [5.41, 5.74) is 0. The van der Waals surface area contributed by atoms with Crippen molar-refractivity contribution in [2.24, 2.45) is 0 Å². The number of rotatable bonds is 1. The molecule has 1 nitrogen and oxygen atoms in total. The predicted octanol–water partition coefficient (Wildman–Crippen LogP) is 0.961. The van der Waals surface area contributed by atoms with Crippen molar-refractivity contribution in [1.29, 1.82) is 0 Å². The highest BCUT2D eigenvalue weighted by atomic mass is 35.5. The van der Waals surface area contributed by atoms with Crippen molar-refractivity contribution in [3.05, 3.63) is 0 Å². The second-order valence-corrected chi connectivity index (χ2v) is 0.707. The van der Waals surface area contributed by atoms with Crippen LogP contribution in [0, 0.1) is 0 Å². The lowest BCUT2D eigenvalue weighted by Crippen LogP contribution is -2.08. The summed E-state index contributed by atoms with van der Waals surface area (Å²) in [4.78, 5) is 0. The summed E-state index contributed by atoms with van der Waals surface area (Å²) in [5.74, 6) is 0. The molecule has 7 heavy (non-hydrogen) atoms. The van der Waals surface area contributed by atoms with Crippen LogP contribution < -0.4 is 0 Å². The molecular formula is C2H4ClF3O. The van der Waals surface area contributed by atoms with E-state index < -0.39 is 12.8 Å². The molecule has 5 heteroatoms. The van der Waals surface area contributed by atoms with Crippen molar-refractivity contribution >= 4 is 12.4 Å². The van der Waals surface area contributed by atoms with Crippen LogP contribution in [0.15, 0.2) is 0 Å². The fourth-order valence-electron chi connectivity index (χ4n) is 0. The van der Waals surface area contributed by atoms with Crippen molar-refractivity contribution in [1.82, 2.24) is 0 Å². The van der Waals surface area contributed by atoms with Crippen LogP contribution in [0.4, 0.5) is 13.2 Å². The highest BCUT2D eigenvalue weighted by Crippen LogP contribution is 1.98. The molecule has 0 aliphatic rings. The third-order valence-corrected chi connectivity index (χ3v) is 0.208. The van der Waals surface area contributed by atoms with Gasteiger partial charge in [0.05, 0.1) is 0 Å². The van der Waals surface area contributed by atoms with E-state index in [2.05, 4.69) is 0 Å². The normalized spacial score (nSPS) is 13.3. The van der Waals surface area contributed by atoms with Crippen LogP contribution in [-0.4, -0.2) is 17.9 Å². The molecule has 0 aliphatic carbocycles. The van der Waals surface area contributed by atoms with Gasteiger partial charge in [0, 0.05) is 0 Å². The lowest BCUT2D eigenvalue weighted by atomic mass is 10.7. The Hall–Kier alpha value is 0.0400. The molecule has 0 saturated heterocycles. The zero-order chi connectivity index (χ0) is 5.15. The molecule has 0 spiro atoms. The Labute approximate surface area is 44.5 Å². The summed E-state index contributed by atoms with van der Waals surface area (Å²) in [6.07, 6.45) is -6.24. The first-order valence-electron chi connectivity index (χ1n) is 1.25. The fourth-order valence-corrected chi connectivity index (χ4v) is 0. The predicted molar refractivity (Wildman–Crippen MR) is 20.4 cm³/mol. The topological polar surface area (TPSA) is 20.2 Å². The maximum atomic E-state index is 10.6. The van der Waals surface area contributed by atoms with E-state index in [1.54, 1.807) is 0 Å². The van der Waals surface area contributed by atoms with Crippen LogP contribution in [-0.2, 0) is 0 Å². The molecule has 0 rings (SSSR count). The molecule has 1 unspecified atom stereocenters. The lowest BCUT2D eigenvalue weighted by Gasteiger charge is -1.92. The SMILES string of the molecule is Cl.OC(F)C(F)F. The van der Waals surface area contributed by atoms with Crippen molar-refractivity contribution < 1.29 is 18.3 Å². The minimum atomic E-state index is -3.26. The Morgan fingerprint density at radius 2 is 1.29 bits per heavy atom. The molecule has 0 aromatic heterocycles. The first kappa shape index (κ1) is 10.1. The maximum absolute atomic E-state index is 10.6. The van der Waals surface area contributed by atoms with E-state index >= 15 is 0 Å². The molecule has 46 valence electrons. The fraction of sp³-hybridized carbons (Fsp3) is 1.00. The third-order valence-electron chi connectivity index (χ3n) is 0.208. The molecule has 0 bridgehead atoms. The number of aliphatic hydroxyl groups excluding tert-OH is 1. The van der Waals surface area contributed by atoms with E-state index in [1.807, 2.05) is 0 Å². The van der Waals surface area contributed by atoms with Gasteiger partial charge in [0.1, 0.15) is 0 Å². The summed E-state index contributed by atoms with van der Waals surface area (Å²) >= 11 is 0. The zero-order valence-corrected chi connectivity index (χ0v) is 3.96. The first-order chi connectivity index (χ1) is 2.64. The maximum Gasteiger partial charge on any atom is 0.293 e. The summed E-state index contributed by atoms with van der Waals surface area (Å²) in [7, 11) is 0. The lowest BCUT2D eigenvalue weighted by molar-refractivity contribution is -0.0843. The van der Waals surface area contributed by atoms with E-state index in [-0.39, 0.29) is 12.4 Å². The van der Waals surface area contributed by atoms with Gasteiger partial charge in [-0.3, -0.25) is 0 Å². The third kappa shape index (κ3) is 6.04. The standard InChI is InChI=1S/C2H3F3O.ClH/c3-1(4)2(5)6;/h1-2,6H;1H. The van der Waals surface area contributed by atoms with E-state index in [0.717, 1.165) is 0 Å². The first-order valence-corrected chi connectivity index (χ1v) is 1.25. The molecule has 0 heterocycles. The number of halogens is 4. The zero-order valence-electron chi connectivity index (χ0n) is 3.14. The van der Waals surface area contributed by atoms with Gasteiger partial charge in [-0.2, -0.15) is 0 Å². The van der Waals surface area contributed by atoms with Gasteiger partial charge in [-0.25, -0.2) is 13.2 Å². The van der Waals surface area contributed by atoms with Gasteiger partial charge in [-0.05, 0) is 0 Å². The molecule has 0 aliphatic heterocycles. The molecule has 0 amide bonds. The highest BCUT2D eigenvalue weighted by Gasteiger charge is 2.12. The Balaban J connectivity index is 0. The average molecular weight is 136 g/mol. The van der Waals surface area contributed by atoms with Crippen LogP contribution in [0.5, 0.6) is 0 Å². The number of hydrogen-bond donors (Lipinski definition) is 1. The van der Waals surface area contributed by atoms with Crippen molar-refractivity contribution in [2.45, 2.75) is 12.8 Å². The van der Waals surface area contributed by atoms with Gasteiger partial charge in [0.25, 0.3) is 12.8 Å². The van der Waals surface area contributed by atoms with Gasteiger partial charge in [-0.1, -0.05) is 0 Å². The van der Waals surface area contributed by atoms with Gasteiger partial charge in [-0.15, -0.1) is 12.4 Å². The summed E-state index contributed by atoms with van der Waals surface area (Å²) in [5, 5.41) is 7.21. The van der Waals surface area contributed by atoms with Gasteiger partial charge < -0.3 is 5.11 Å². The van der Waals surface area contributed by atoms with Crippen molar-refractivity contribution in [3.8, 4) is 0 Å². The van der Waals surface area contributed by atoms with Gasteiger partial charge >= 0.3 is 0 Å². The van der Waals surface area contributed by atoms with Crippen LogP contribution >= 0.6 is 12.4 Å². The molecule has 1 atom stereocenters. The Kier molecular flexibility index (Phi) is 6.07. The van der Waals surface area contributed by atoms with Crippen LogP contribution in [0.3, 0.4) is 0 Å². The Bertz CT molecular complexity index is 33.9. The minimum absolute atomic E-state index is 0. The Morgan fingerprint density at radius 1 is 1.14 bits per heavy atom. The van der Waals surface area contributed by atoms with E-state index in [4.69, 9.17) is 5.11 Å². The summed E-state index contributed by atoms with van der Waals surface area (Å²) in [6, 6.07) is 0. The quantitative estimate of drug-likeness (QED) is 0.569. The molecule has 0 saturated carbocycles. The second kappa shape index (κ2) is 4.21. The largest absolute Gasteiger partial charge is 0.360 e. The molecular weight excluding hydrogens is 132 g/mol. The monoisotopic (exact) mass is 136 g/mol.